The highest BCUT2D eigenvalue weighted by molar-refractivity contribution is 5.94. The third-order valence-corrected chi connectivity index (χ3v) is 2.77. The van der Waals surface area contributed by atoms with E-state index in [4.69, 9.17) is 9.84 Å². The number of amides is 1. The van der Waals surface area contributed by atoms with Crippen molar-refractivity contribution in [2.45, 2.75) is 13.3 Å². The number of hydrogen-bond donors (Lipinski definition) is 1. The Balaban J connectivity index is 2.90. The Bertz CT molecular complexity index is 514. The average molecular weight is 275 g/mol. The number of aryl methyl sites for hydroxylation is 1. The van der Waals surface area contributed by atoms with Gasteiger partial charge in [-0.2, -0.15) is 0 Å². The van der Waals surface area contributed by atoms with Gasteiger partial charge in [0.15, 0.2) is 0 Å². The van der Waals surface area contributed by atoms with Gasteiger partial charge in [0.25, 0.3) is 5.91 Å². The molecule has 0 spiro atoms. The van der Waals surface area contributed by atoms with Crippen molar-refractivity contribution in [1.29, 1.82) is 0 Å². The lowest BCUT2D eigenvalue weighted by Gasteiger charge is -2.17. The summed E-state index contributed by atoms with van der Waals surface area (Å²) in [6.07, 6.45) is 0.435. The fourth-order valence-electron chi connectivity index (χ4n) is 1.75. The summed E-state index contributed by atoms with van der Waals surface area (Å²) in [5.74, 6) is 5.78. The number of methoxy groups -OCH3 is 1. The first-order valence-corrected chi connectivity index (χ1v) is 6.54. The van der Waals surface area contributed by atoms with Crippen LogP contribution in [0.15, 0.2) is 18.2 Å². The van der Waals surface area contributed by atoms with E-state index in [1.165, 1.54) is 0 Å². The van der Waals surface area contributed by atoms with E-state index >= 15 is 0 Å². The van der Waals surface area contributed by atoms with Gasteiger partial charge in [-0.15, -0.1) is 0 Å². The molecule has 1 amide bonds. The molecule has 0 atom stereocenters. The van der Waals surface area contributed by atoms with Gasteiger partial charge in [-0.3, -0.25) is 4.79 Å². The van der Waals surface area contributed by atoms with E-state index in [1.807, 2.05) is 19.1 Å². The molecule has 0 fully saturated rings. The molecule has 1 aromatic carbocycles. The molecule has 0 unspecified atom stereocenters. The van der Waals surface area contributed by atoms with Crippen molar-refractivity contribution in [3.63, 3.8) is 0 Å². The lowest BCUT2D eigenvalue weighted by atomic mass is 10.1. The standard InChI is InChI=1S/C16H21NO3/c1-13-10-14(6-4-5-8-18)12-15(11-13)16(19)17(2)7-9-20-3/h10-12,18H,5,7-9H2,1-3H3. The van der Waals surface area contributed by atoms with Crippen molar-refractivity contribution >= 4 is 5.91 Å². The summed E-state index contributed by atoms with van der Waals surface area (Å²) in [7, 11) is 3.36. The molecule has 4 heteroatoms. The molecule has 0 heterocycles. The highest BCUT2D eigenvalue weighted by Crippen LogP contribution is 2.11. The zero-order valence-corrected chi connectivity index (χ0v) is 12.3. The minimum atomic E-state index is -0.0454. The summed E-state index contributed by atoms with van der Waals surface area (Å²) in [4.78, 5) is 13.9. The molecule has 0 aliphatic heterocycles. The second-order valence-corrected chi connectivity index (χ2v) is 4.58. The molecule has 0 saturated carbocycles. The first-order chi connectivity index (χ1) is 9.58. The lowest BCUT2D eigenvalue weighted by molar-refractivity contribution is 0.0744. The van der Waals surface area contributed by atoms with E-state index in [1.54, 1.807) is 25.1 Å². The molecule has 1 N–H and O–H groups in total. The van der Waals surface area contributed by atoms with Crippen LogP contribution in [0.4, 0.5) is 0 Å². The first kappa shape index (κ1) is 16.2. The smallest absolute Gasteiger partial charge is 0.253 e. The molecular formula is C16H21NO3. The highest BCUT2D eigenvalue weighted by Gasteiger charge is 2.12. The number of hydrogen-bond acceptors (Lipinski definition) is 3. The molecule has 0 aromatic heterocycles. The summed E-state index contributed by atoms with van der Waals surface area (Å²) in [6.45, 7) is 3.04. The molecule has 20 heavy (non-hydrogen) atoms. The van der Waals surface area contributed by atoms with E-state index < -0.39 is 0 Å². The summed E-state index contributed by atoms with van der Waals surface area (Å²) in [5.41, 5.74) is 2.41. The number of aliphatic hydroxyl groups excluding tert-OH is 1. The van der Waals surface area contributed by atoms with Crippen molar-refractivity contribution < 1.29 is 14.6 Å². The van der Waals surface area contributed by atoms with Crippen LogP contribution in [0.5, 0.6) is 0 Å². The highest BCUT2D eigenvalue weighted by atomic mass is 16.5. The summed E-state index contributed by atoms with van der Waals surface area (Å²) >= 11 is 0. The Morgan fingerprint density at radius 3 is 2.80 bits per heavy atom. The predicted octanol–water partition coefficient (Wildman–Crippen LogP) is 1.45. The molecule has 0 bridgehead atoms. The molecule has 108 valence electrons. The van der Waals surface area contributed by atoms with Gasteiger partial charge in [-0.05, 0) is 30.7 Å². The number of nitrogens with zero attached hydrogens (tertiary/aromatic N) is 1. The monoisotopic (exact) mass is 275 g/mol. The van der Waals surface area contributed by atoms with Gasteiger partial charge >= 0.3 is 0 Å². The fraction of sp³-hybridized carbons (Fsp3) is 0.438. The van der Waals surface area contributed by atoms with Crippen molar-refractivity contribution in [3.8, 4) is 11.8 Å². The van der Waals surface area contributed by atoms with Gasteiger partial charge in [0.05, 0.1) is 13.2 Å². The molecule has 0 radical (unpaired) electrons. The van der Waals surface area contributed by atoms with Crippen LogP contribution >= 0.6 is 0 Å². The number of carbonyl (C=O) groups excluding carboxylic acids is 1. The molecule has 0 aliphatic carbocycles. The zero-order valence-electron chi connectivity index (χ0n) is 12.3. The minimum absolute atomic E-state index is 0.0454. The Morgan fingerprint density at radius 2 is 2.15 bits per heavy atom. The topological polar surface area (TPSA) is 49.8 Å². The maximum Gasteiger partial charge on any atom is 0.253 e. The average Bonchev–Trinajstić information content (AvgIpc) is 2.43. The van der Waals surface area contributed by atoms with Gasteiger partial charge in [0.1, 0.15) is 0 Å². The molecular weight excluding hydrogens is 254 g/mol. The van der Waals surface area contributed by atoms with Crippen LogP contribution in [0, 0.1) is 18.8 Å². The van der Waals surface area contributed by atoms with Crippen molar-refractivity contribution in [3.05, 3.63) is 34.9 Å². The third kappa shape index (κ3) is 5.04. The van der Waals surface area contributed by atoms with Crippen LogP contribution in [0.3, 0.4) is 0 Å². The van der Waals surface area contributed by atoms with Gasteiger partial charge in [-0.1, -0.05) is 11.8 Å². The molecule has 0 saturated heterocycles. The quantitative estimate of drug-likeness (QED) is 0.827. The Hall–Kier alpha value is -1.83. The van der Waals surface area contributed by atoms with Crippen molar-refractivity contribution in [2.75, 3.05) is 33.9 Å². The van der Waals surface area contributed by atoms with Crippen LogP contribution in [0.25, 0.3) is 0 Å². The third-order valence-electron chi connectivity index (χ3n) is 2.77. The van der Waals surface area contributed by atoms with Crippen LogP contribution in [-0.2, 0) is 4.74 Å². The molecule has 4 nitrogen and oxygen atoms in total. The van der Waals surface area contributed by atoms with Crippen LogP contribution < -0.4 is 0 Å². The van der Waals surface area contributed by atoms with Crippen LogP contribution in [-0.4, -0.2) is 49.8 Å². The second kappa shape index (κ2) is 8.36. The second-order valence-electron chi connectivity index (χ2n) is 4.58. The van der Waals surface area contributed by atoms with E-state index in [2.05, 4.69) is 11.8 Å². The van der Waals surface area contributed by atoms with Crippen molar-refractivity contribution in [2.24, 2.45) is 0 Å². The van der Waals surface area contributed by atoms with Gasteiger partial charge < -0.3 is 14.7 Å². The van der Waals surface area contributed by atoms with Crippen LogP contribution in [0.2, 0.25) is 0 Å². The number of ether oxygens (including phenoxy) is 1. The van der Waals surface area contributed by atoms with Gasteiger partial charge in [0, 0.05) is 38.2 Å². The number of benzene rings is 1. The normalized spacial score (nSPS) is 9.80. The molecule has 0 aliphatic rings. The summed E-state index contributed by atoms with van der Waals surface area (Å²) < 4.78 is 4.97. The maximum atomic E-state index is 12.3. The number of rotatable bonds is 5. The van der Waals surface area contributed by atoms with Gasteiger partial charge in [-0.25, -0.2) is 0 Å². The zero-order chi connectivity index (χ0) is 15.0. The fourth-order valence-corrected chi connectivity index (χ4v) is 1.75. The Morgan fingerprint density at radius 1 is 1.40 bits per heavy atom. The van der Waals surface area contributed by atoms with Crippen LogP contribution in [0.1, 0.15) is 27.9 Å². The number of likely N-dealkylation sites (N-methyl/N-ethyl adjacent to an activating group) is 1. The van der Waals surface area contributed by atoms with E-state index in [-0.39, 0.29) is 12.5 Å². The predicted molar refractivity (Wildman–Crippen MR) is 78.6 cm³/mol. The van der Waals surface area contributed by atoms with Crippen molar-refractivity contribution in [1.82, 2.24) is 4.90 Å². The lowest BCUT2D eigenvalue weighted by Crippen LogP contribution is -2.30. The number of carbonyl (C=O) groups is 1. The number of aliphatic hydroxyl groups is 1. The van der Waals surface area contributed by atoms with E-state index in [0.717, 1.165) is 11.1 Å². The molecule has 1 aromatic rings. The summed E-state index contributed by atoms with van der Waals surface area (Å²) in [6, 6.07) is 5.56. The van der Waals surface area contributed by atoms with Gasteiger partial charge in [0.2, 0.25) is 0 Å². The van der Waals surface area contributed by atoms with E-state index in [9.17, 15) is 4.79 Å². The first-order valence-electron chi connectivity index (χ1n) is 6.54. The molecule has 1 rings (SSSR count). The minimum Gasteiger partial charge on any atom is -0.395 e. The SMILES string of the molecule is COCCN(C)C(=O)c1cc(C)cc(C#CCCO)c1. The van der Waals surface area contributed by atoms with E-state index in [0.29, 0.717) is 25.1 Å². The summed E-state index contributed by atoms with van der Waals surface area (Å²) in [5, 5.41) is 8.72. The maximum absolute atomic E-state index is 12.3. The Kier molecular flexibility index (Phi) is 6.78. The largest absolute Gasteiger partial charge is 0.395 e. The Labute approximate surface area is 120 Å².